The number of nitrogens with zero attached hydrogens (tertiary/aromatic N) is 1. The number of hydrogen-bond donors (Lipinski definition) is 1. The lowest BCUT2D eigenvalue weighted by molar-refractivity contribution is 0.0440. The average Bonchev–Trinajstić information content (AvgIpc) is 2.91. The highest BCUT2D eigenvalue weighted by atomic mass is 32.1. The van der Waals surface area contributed by atoms with Crippen molar-refractivity contribution in [2.75, 3.05) is 19.6 Å². The Morgan fingerprint density at radius 2 is 1.95 bits per heavy atom. The fraction of sp³-hybridized carbons (Fsp3) is 0.765. The van der Waals surface area contributed by atoms with Crippen LogP contribution in [0, 0.1) is 6.92 Å². The third-order valence-corrected chi connectivity index (χ3v) is 5.94. The second-order valence-electron chi connectivity index (χ2n) is 6.20. The van der Waals surface area contributed by atoms with Gasteiger partial charge in [0.1, 0.15) is 0 Å². The van der Waals surface area contributed by atoms with Gasteiger partial charge in [0.25, 0.3) is 0 Å². The Kier molecular flexibility index (Phi) is 5.65. The molecule has 1 aromatic heterocycles. The molecule has 1 aliphatic heterocycles. The summed E-state index contributed by atoms with van der Waals surface area (Å²) in [5, 5.41) is 3.77. The second kappa shape index (κ2) is 7.06. The number of hydrogen-bond acceptors (Lipinski definition) is 3. The van der Waals surface area contributed by atoms with E-state index in [0.717, 1.165) is 6.54 Å². The van der Waals surface area contributed by atoms with E-state index in [1.54, 1.807) is 0 Å². The van der Waals surface area contributed by atoms with Gasteiger partial charge in [0.05, 0.1) is 6.04 Å². The van der Waals surface area contributed by atoms with E-state index in [-0.39, 0.29) is 5.54 Å². The Morgan fingerprint density at radius 3 is 2.45 bits per heavy atom. The van der Waals surface area contributed by atoms with Crippen LogP contribution in [0.25, 0.3) is 0 Å². The molecule has 0 saturated carbocycles. The Morgan fingerprint density at radius 1 is 1.25 bits per heavy atom. The standard InChI is InChI=1S/C17H30N2S/c1-5-17(4,19-12-8-7-9-13-19)16(18-6-2)15-11-10-14(3)20-15/h10-11,16,18H,5-9,12-13H2,1-4H3. The number of rotatable bonds is 6. The molecule has 1 fully saturated rings. The number of nitrogens with one attached hydrogen (secondary N) is 1. The summed E-state index contributed by atoms with van der Waals surface area (Å²) in [5.74, 6) is 0. The van der Waals surface area contributed by atoms with Crippen LogP contribution < -0.4 is 5.32 Å². The Labute approximate surface area is 128 Å². The minimum Gasteiger partial charge on any atom is -0.308 e. The lowest BCUT2D eigenvalue weighted by Gasteiger charge is -2.48. The molecule has 2 rings (SSSR count). The third-order valence-electron chi connectivity index (χ3n) is 4.87. The molecule has 1 aromatic rings. The van der Waals surface area contributed by atoms with Gasteiger partial charge in [-0.2, -0.15) is 0 Å². The van der Waals surface area contributed by atoms with Crippen molar-refractivity contribution in [3.05, 3.63) is 21.9 Å². The van der Waals surface area contributed by atoms with Crippen molar-refractivity contribution < 1.29 is 0 Å². The van der Waals surface area contributed by atoms with Crippen LogP contribution in [-0.4, -0.2) is 30.1 Å². The summed E-state index contributed by atoms with van der Waals surface area (Å²) >= 11 is 1.95. The third kappa shape index (κ3) is 3.26. The van der Waals surface area contributed by atoms with Gasteiger partial charge in [0.15, 0.2) is 0 Å². The van der Waals surface area contributed by atoms with Crippen molar-refractivity contribution in [3.63, 3.8) is 0 Å². The molecule has 2 unspecified atom stereocenters. The smallest absolute Gasteiger partial charge is 0.0599 e. The Bertz CT molecular complexity index is 409. The zero-order chi connectivity index (χ0) is 14.6. The maximum Gasteiger partial charge on any atom is 0.0599 e. The largest absolute Gasteiger partial charge is 0.308 e. The predicted octanol–water partition coefficient (Wildman–Crippen LogP) is 4.36. The van der Waals surface area contributed by atoms with Crippen LogP contribution in [0.2, 0.25) is 0 Å². The van der Waals surface area contributed by atoms with Crippen molar-refractivity contribution in [2.45, 2.75) is 65.0 Å². The fourth-order valence-corrected chi connectivity index (χ4v) is 4.55. The van der Waals surface area contributed by atoms with Gasteiger partial charge in [0.2, 0.25) is 0 Å². The van der Waals surface area contributed by atoms with E-state index in [2.05, 4.69) is 50.0 Å². The van der Waals surface area contributed by atoms with Gasteiger partial charge in [-0.3, -0.25) is 4.90 Å². The van der Waals surface area contributed by atoms with Gasteiger partial charge in [-0.25, -0.2) is 0 Å². The van der Waals surface area contributed by atoms with Gasteiger partial charge < -0.3 is 5.32 Å². The van der Waals surface area contributed by atoms with Crippen molar-refractivity contribution in [1.82, 2.24) is 10.2 Å². The first kappa shape index (κ1) is 16.0. The zero-order valence-electron chi connectivity index (χ0n) is 13.5. The molecule has 0 radical (unpaired) electrons. The summed E-state index contributed by atoms with van der Waals surface area (Å²) in [6.45, 7) is 12.8. The van der Waals surface area contributed by atoms with E-state index in [9.17, 15) is 0 Å². The predicted molar refractivity (Wildman–Crippen MR) is 89.6 cm³/mol. The average molecular weight is 295 g/mol. The highest BCUT2D eigenvalue weighted by Gasteiger charge is 2.39. The van der Waals surface area contributed by atoms with E-state index >= 15 is 0 Å². The molecule has 114 valence electrons. The molecule has 0 bridgehead atoms. The minimum absolute atomic E-state index is 0.230. The van der Waals surface area contributed by atoms with Gasteiger partial charge in [-0.1, -0.05) is 20.3 Å². The molecular weight excluding hydrogens is 264 g/mol. The maximum atomic E-state index is 3.77. The number of likely N-dealkylation sites (tertiary alicyclic amines) is 1. The van der Waals surface area contributed by atoms with Crippen LogP contribution in [0.15, 0.2) is 12.1 Å². The molecule has 0 spiro atoms. The van der Waals surface area contributed by atoms with Crippen LogP contribution in [0.1, 0.15) is 62.3 Å². The van der Waals surface area contributed by atoms with Gasteiger partial charge in [-0.05, 0) is 64.9 Å². The minimum atomic E-state index is 0.230. The number of likely N-dealkylation sites (N-methyl/N-ethyl adjacent to an activating group) is 1. The zero-order valence-corrected chi connectivity index (χ0v) is 14.4. The Hall–Kier alpha value is -0.380. The lowest BCUT2D eigenvalue weighted by atomic mass is 9.84. The molecule has 3 heteroatoms. The van der Waals surface area contributed by atoms with E-state index in [0.29, 0.717) is 6.04 Å². The van der Waals surface area contributed by atoms with E-state index in [1.165, 1.54) is 48.5 Å². The topological polar surface area (TPSA) is 15.3 Å². The normalized spacial score (nSPS) is 21.6. The van der Waals surface area contributed by atoms with Crippen LogP contribution in [0.4, 0.5) is 0 Å². The summed E-state index contributed by atoms with van der Waals surface area (Å²) < 4.78 is 0. The van der Waals surface area contributed by atoms with Crippen LogP contribution in [-0.2, 0) is 0 Å². The molecule has 20 heavy (non-hydrogen) atoms. The van der Waals surface area contributed by atoms with Gasteiger partial charge >= 0.3 is 0 Å². The number of piperidine rings is 1. The molecule has 2 nitrogen and oxygen atoms in total. The molecule has 2 heterocycles. The molecule has 1 saturated heterocycles. The second-order valence-corrected chi connectivity index (χ2v) is 7.52. The van der Waals surface area contributed by atoms with Crippen LogP contribution in [0.5, 0.6) is 0 Å². The summed E-state index contributed by atoms with van der Waals surface area (Å²) in [5.41, 5.74) is 0.230. The Balaban J connectivity index is 2.27. The van der Waals surface area contributed by atoms with Gasteiger partial charge in [-0.15, -0.1) is 11.3 Å². The number of thiophene rings is 1. The highest BCUT2D eigenvalue weighted by molar-refractivity contribution is 7.12. The molecular formula is C17H30N2S. The quantitative estimate of drug-likeness (QED) is 0.838. The summed E-state index contributed by atoms with van der Waals surface area (Å²) in [6, 6.07) is 5.04. The summed E-state index contributed by atoms with van der Waals surface area (Å²) in [6.07, 6.45) is 5.32. The first-order valence-corrected chi connectivity index (χ1v) is 8.98. The molecule has 2 atom stereocenters. The van der Waals surface area contributed by atoms with Crippen molar-refractivity contribution in [1.29, 1.82) is 0 Å². The van der Waals surface area contributed by atoms with E-state index in [1.807, 2.05) is 11.3 Å². The molecule has 1 N–H and O–H groups in total. The van der Waals surface area contributed by atoms with E-state index < -0.39 is 0 Å². The number of aryl methyl sites for hydroxylation is 1. The van der Waals surface area contributed by atoms with Gasteiger partial charge in [0, 0.05) is 15.3 Å². The molecule has 0 aliphatic carbocycles. The van der Waals surface area contributed by atoms with Crippen LogP contribution >= 0.6 is 11.3 Å². The van der Waals surface area contributed by atoms with Crippen molar-refractivity contribution in [3.8, 4) is 0 Å². The molecule has 0 aromatic carbocycles. The summed E-state index contributed by atoms with van der Waals surface area (Å²) in [7, 11) is 0. The molecule has 1 aliphatic rings. The first-order valence-electron chi connectivity index (χ1n) is 8.16. The first-order chi connectivity index (χ1) is 9.61. The SMILES string of the molecule is CCNC(c1ccc(C)s1)C(C)(CC)N1CCCCC1. The highest BCUT2D eigenvalue weighted by Crippen LogP contribution is 2.38. The monoisotopic (exact) mass is 294 g/mol. The van der Waals surface area contributed by atoms with Crippen molar-refractivity contribution in [2.24, 2.45) is 0 Å². The maximum absolute atomic E-state index is 3.77. The lowest BCUT2D eigenvalue weighted by Crippen LogP contribution is -2.55. The summed E-state index contributed by atoms with van der Waals surface area (Å²) in [4.78, 5) is 5.65. The molecule has 0 amide bonds. The fourth-order valence-electron chi connectivity index (χ4n) is 3.45. The van der Waals surface area contributed by atoms with Crippen molar-refractivity contribution >= 4 is 11.3 Å². The van der Waals surface area contributed by atoms with Crippen LogP contribution in [0.3, 0.4) is 0 Å². The van der Waals surface area contributed by atoms with E-state index in [4.69, 9.17) is 0 Å².